The third-order valence-corrected chi connectivity index (χ3v) is 6.22. The van der Waals surface area contributed by atoms with Gasteiger partial charge in [0.25, 0.3) is 0 Å². The molecule has 33 heavy (non-hydrogen) atoms. The Balaban J connectivity index is 2.20. The highest BCUT2D eigenvalue weighted by Gasteiger charge is 2.50. The van der Waals surface area contributed by atoms with Crippen molar-refractivity contribution in [1.29, 1.82) is 0 Å². The number of hydrogen-bond acceptors (Lipinski definition) is 3. The van der Waals surface area contributed by atoms with Crippen molar-refractivity contribution in [3.05, 3.63) is 69.2 Å². The fourth-order valence-electron chi connectivity index (χ4n) is 4.64. The lowest BCUT2D eigenvalue weighted by Gasteiger charge is -2.30. The molecule has 4 unspecified atom stereocenters. The van der Waals surface area contributed by atoms with Gasteiger partial charge in [0.15, 0.2) is 0 Å². The van der Waals surface area contributed by atoms with Gasteiger partial charge in [-0.1, -0.05) is 56.1 Å². The first-order chi connectivity index (χ1) is 15.2. The van der Waals surface area contributed by atoms with Gasteiger partial charge >= 0.3 is 5.97 Å². The highest BCUT2D eigenvalue weighted by molar-refractivity contribution is 6.31. The molecule has 3 nitrogen and oxygen atoms in total. The molecule has 2 aromatic rings. The molecule has 0 aromatic heterocycles. The van der Waals surface area contributed by atoms with Crippen molar-refractivity contribution in [3.63, 3.8) is 0 Å². The SMILES string of the molecule is CC(C)(C)CC1NC(C(=O)OC(C)(C)C)C(c2cccc(Cl)c2)C1c1cc(F)c(Cl)cc1F. The van der Waals surface area contributed by atoms with Gasteiger partial charge in [-0.25, -0.2) is 8.78 Å². The van der Waals surface area contributed by atoms with Gasteiger partial charge in [0.1, 0.15) is 23.3 Å². The Kier molecular flexibility index (Phi) is 7.48. The summed E-state index contributed by atoms with van der Waals surface area (Å²) in [5, 5.41) is 3.62. The van der Waals surface area contributed by atoms with Gasteiger partial charge in [0, 0.05) is 22.9 Å². The van der Waals surface area contributed by atoms with Crippen LogP contribution >= 0.6 is 23.2 Å². The first kappa shape index (κ1) is 25.9. The van der Waals surface area contributed by atoms with Crippen LogP contribution in [0, 0.1) is 17.0 Å². The van der Waals surface area contributed by atoms with Crippen LogP contribution in [0.4, 0.5) is 8.78 Å². The first-order valence-corrected chi connectivity index (χ1v) is 11.8. The van der Waals surface area contributed by atoms with E-state index in [2.05, 4.69) is 26.1 Å². The minimum atomic E-state index is -0.766. The lowest BCUT2D eigenvalue weighted by molar-refractivity contribution is -0.157. The second kappa shape index (κ2) is 9.52. The normalized spacial score (nSPS) is 23.6. The van der Waals surface area contributed by atoms with Crippen LogP contribution in [0.2, 0.25) is 10.0 Å². The highest BCUT2D eigenvalue weighted by Crippen LogP contribution is 2.48. The first-order valence-electron chi connectivity index (χ1n) is 11.0. The Hall–Kier alpha value is -1.69. The van der Waals surface area contributed by atoms with Crippen molar-refractivity contribution in [2.45, 2.75) is 77.5 Å². The number of benzene rings is 2. The van der Waals surface area contributed by atoms with E-state index in [9.17, 15) is 9.18 Å². The van der Waals surface area contributed by atoms with Crippen LogP contribution in [0.5, 0.6) is 0 Å². The molecule has 1 saturated heterocycles. The molecule has 1 heterocycles. The molecular weight excluding hydrogens is 467 g/mol. The number of carbonyl (C=O) groups is 1. The fourth-order valence-corrected chi connectivity index (χ4v) is 4.99. The largest absolute Gasteiger partial charge is 0.459 e. The standard InChI is InChI=1S/C26H31Cl2F2NO2/c1-25(2,3)13-20-22(16-11-19(30)17(28)12-18(16)29)21(14-8-7-9-15(27)10-14)23(31-20)24(32)33-26(4,5)6/h7-12,20-23,31H,13H2,1-6H3. The quantitative estimate of drug-likeness (QED) is 0.356. The van der Waals surface area contributed by atoms with Crippen LogP contribution in [0.25, 0.3) is 0 Å². The number of ether oxygens (including phenoxy) is 1. The number of esters is 1. The van der Waals surface area contributed by atoms with Crippen molar-refractivity contribution >= 4 is 29.2 Å². The molecule has 180 valence electrons. The Morgan fingerprint density at radius 2 is 1.67 bits per heavy atom. The minimum Gasteiger partial charge on any atom is -0.459 e. The summed E-state index contributed by atoms with van der Waals surface area (Å²) in [5.74, 6) is -2.83. The molecule has 7 heteroatoms. The average molecular weight is 498 g/mol. The van der Waals surface area contributed by atoms with Gasteiger partial charge in [-0.15, -0.1) is 0 Å². The van der Waals surface area contributed by atoms with E-state index in [1.165, 1.54) is 0 Å². The van der Waals surface area contributed by atoms with Crippen LogP contribution in [-0.4, -0.2) is 23.7 Å². The zero-order valence-corrected chi connectivity index (χ0v) is 21.3. The van der Waals surface area contributed by atoms with Crippen molar-refractivity contribution in [3.8, 4) is 0 Å². The van der Waals surface area contributed by atoms with Gasteiger partial charge in [-0.05, 0) is 68.0 Å². The van der Waals surface area contributed by atoms with Crippen LogP contribution in [-0.2, 0) is 9.53 Å². The molecule has 1 fully saturated rings. The van der Waals surface area contributed by atoms with E-state index in [-0.39, 0.29) is 22.0 Å². The summed E-state index contributed by atoms with van der Waals surface area (Å²) in [6, 6.07) is 8.20. The van der Waals surface area contributed by atoms with E-state index in [0.29, 0.717) is 11.4 Å². The van der Waals surface area contributed by atoms with E-state index in [1.807, 2.05) is 6.07 Å². The average Bonchev–Trinajstić information content (AvgIpc) is 3.00. The molecule has 3 rings (SSSR count). The third-order valence-electron chi connectivity index (χ3n) is 5.70. The fraction of sp³-hybridized carbons (Fsp3) is 0.500. The second-order valence-electron chi connectivity index (χ2n) is 10.9. The molecule has 1 aliphatic heterocycles. The maximum atomic E-state index is 15.2. The zero-order valence-electron chi connectivity index (χ0n) is 19.8. The van der Waals surface area contributed by atoms with E-state index in [1.54, 1.807) is 39.0 Å². The number of rotatable bonds is 4. The Labute approximate surface area is 204 Å². The second-order valence-corrected chi connectivity index (χ2v) is 11.8. The predicted octanol–water partition coefficient (Wildman–Crippen LogP) is 7.26. The molecule has 4 atom stereocenters. The van der Waals surface area contributed by atoms with Crippen LogP contribution < -0.4 is 5.32 Å². The van der Waals surface area contributed by atoms with Gasteiger partial charge in [0.2, 0.25) is 0 Å². The summed E-state index contributed by atoms with van der Waals surface area (Å²) in [5.41, 5.74) is 0.0862. The molecule has 0 amide bonds. The summed E-state index contributed by atoms with van der Waals surface area (Å²) in [6.45, 7) is 11.6. The van der Waals surface area contributed by atoms with Crippen molar-refractivity contribution in [2.75, 3.05) is 0 Å². The lowest BCUT2D eigenvalue weighted by Crippen LogP contribution is -2.42. The van der Waals surface area contributed by atoms with E-state index < -0.39 is 41.1 Å². The predicted molar refractivity (Wildman–Crippen MR) is 129 cm³/mol. The van der Waals surface area contributed by atoms with Gasteiger partial charge in [0.05, 0.1) is 5.02 Å². The van der Waals surface area contributed by atoms with Crippen LogP contribution in [0.3, 0.4) is 0 Å². The number of carbonyl (C=O) groups excluding carboxylic acids is 1. The third kappa shape index (κ3) is 6.26. The Bertz CT molecular complexity index is 1030. The van der Waals surface area contributed by atoms with Crippen molar-refractivity contribution in [2.24, 2.45) is 5.41 Å². The van der Waals surface area contributed by atoms with Gasteiger partial charge in [-0.3, -0.25) is 4.79 Å². The topological polar surface area (TPSA) is 38.3 Å². The number of halogens is 4. The maximum Gasteiger partial charge on any atom is 0.324 e. The monoisotopic (exact) mass is 497 g/mol. The lowest BCUT2D eigenvalue weighted by atomic mass is 9.74. The summed E-state index contributed by atoms with van der Waals surface area (Å²) in [4.78, 5) is 13.3. The van der Waals surface area contributed by atoms with Crippen molar-refractivity contribution < 1.29 is 18.3 Å². The Morgan fingerprint density at radius 3 is 2.24 bits per heavy atom. The van der Waals surface area contributed by atoms with Gasteiger partial charge < -0.3 is 10.1 Å². The number of nitrogens with one attached hydrogen (secondary N) is 1. The van der Waals surface area contributed by atoms with E-state index >= 15 is 4.39 Å². The van der Waals surface area contributed by atoms with E-state index in [4.69, 9.17) is 27.9 Å². The maximum absolute atomic E-state index is 15.2. The molecular formula is C26H31Cl2F2NO2. The molecule has 0 radical (unpaired) electrons. The molecule has 2 aromatic carbocycles. The van der Waals surface area contributed by atoms with Crippen molar-refractivity contribution in [1.82, 2.24) is 5.32 Å². The summed E-state index contributed by atoms with van der Waals surface area (Å²) in [6.07, 6.45) is 0.623. The minimum absolute atomic E-state index is 0.140. The van der Waals surface area contributed by atoms with Gasteiger partial charge in [-0.2, -0.15) is 0 Å². The zero-order chi connectivity index (χ0) is 24.7. The molecule has 0 bridgehead atoms. The molecule has 0 spiro atoms. The van der Waals surface area contributed by atoms with Crippen LogP contribution in [0.15, 0.2) is 36.4 Å². The number of hydrogen-bond donors (Lipinski definition) is 1. The molecule has 1 aliphatic rings. The summed E-state index contributed by atoms with van der Waals surface area (Å²) in [7, 11) is 0. The highest BCUT2D eigenvalue weighted by atomic mass is 35.5. The smallest absolute Gasteiger partial charge is 0.324 e. The molecule has 0 saturated carbocycles. The summed E-state index contributed by atoms with van der Waals surface area (Å²) >= 11 is 12.1. The van der Waals surface area contributed by atoms with E-state index in [0.717, 1.165) is 17.7 Å². The Morgan fingerprint density at radius 1 is 1.00 bits per heavy atom. The molecule has 1 N–H and O–H groups in total. The summed E-state index contributed by atoms with van der Waals surface area (Å²) < 4.78 is 35.5. The molecule has 0 aliphatic carbocycles. The van der Waals surface area contributed by atoms with Crippen LogP contribution in [0.1, 0.15) is 70.9 Å².